The van der Waals surface area contributed by atoms with Gasteiger partial charge in [-0.1, -0.05) is 88.7 Å². The summed E-state index contributed by atoms with van der Waals surface area (Å²) in [5.41, 5.74) is 0.225. The molecule has 5 rings (SSSR count). The molecule has 0 aromatic heterocycles. The van der Waals surface area contributed by atoms with Gasteiger partial charge in [-0.15, -0.1) is 13.2 Å². The molecule has 3 aliphatic rings. The zero-order valence-electron chi connectivity index (χ0n) is 29.0. The molecule has 3 aliphatic heterocycles. The number of hydrogen-bond acceptors (Lipinski definition) is 7. The van der Waals surface area contributed by atoms with Gasteiger partial charge in [-0.2, -0.15) is 0 Å². The maximum absolute atomic E-state index is 14.8. The number of carbonyl (C=O) groups is 4. The molecule has 0 saturated carbocycles. The van der Waals surface area contributed by atoms with Gasteiger partial charge in [-0.25, -0.2) is 0 Å². The van der Waals surface area contributed by atoms with Gasteiger partial charge in [0.25, 0.3) is 0 Å². The lowest BCUT2D eigenvalue weighted by Gasteiger charge is -2.40. The number of likely N-dealkylation sites (tertiary alicyclic amines) is 1. The van der Waals surface area contributed by atoms with Crippen molar-refractivity contribution in [2.24, 2.45) is 11.8 Å². The first-order chi connectivity index (χ1) is 24.0. The van der Waals surface area contributed by atoms with Gasteiger partial charge in [0, 0.05) is 23.8 Å². The van der Waals surface area contributed by atoms with E-state index in [0.29, 0.717) is 24.8 Å². The number of amides is 3. The summed E-state index contributed by atoms with van der Waals surface area (Å²) in [4.78, 5) is 59.5. The Labute approximate surface area is 303 Å². The Balaban J connectivity index is 1.53. The van der Waals surface area contributed by atoms with Gasteiger partial charge in [0.1, 0.15) is 17.7 Å². The van der Waals surface area contributed by atoms with Crippen molar-refractivity contribution in [1.29, 1.82) is 0 Å². The summed E-state index contributed by atoms with van der Waals surface area (Å²) < 4.78 is 13.0. The second-order valence-electron chi connectivity index (χ2n) is 13.8. The molecule has 1 unspecified atom stereocenters. The number of aliphatic hydroxyl groups excluding tert-OH is 1. The summed E-state index contributed by atoms with van der Waals surface area (Å²) >= 11 is 3.74. The quantitative estimate of drug-likeness (QED) is 0.147. The molecule has 10 nitrogen and oxygen atoms in total. The molecular formula is C39H48BrN3O7. The zero-order chi connectivity index (χ0) is 36.2. The number of benzene rings is 2. The maximum Gasteiger partial charge on any atom is 0.313 e. The molecule has 2 bridgehead atoms. The van der Waals surface area contributed by atoms with Crippen LogP contribution in [-0.2, 0) is 35.1 Å². The van der Waals surface area contributed by atoms with Crippen molar-refractivity contribution in [3.05, 3.63) is 97.1 Å². The Morgan fingerprint density at radius 3 is 2.36 bits per heavy atom. The van der Waals surface area contributed by atoms with Gasteiger partial charge < -0.3 is 29.7 Å². The maximum atomic E-state index is 14.8. The van der Waals surface area contributed by atoms with Gasteiger partial charge in [0.15, 0.2) is 0 Å². The van der Waals surface area contributed by atoms with E-state index in [2.05, 4.69) is 34.4 Å². The van der Waals surface area contributed by atoms with Crippen molar-refractivity contribution in [1.82, 2.24) is 15.1 Å². The largest absolute Gasteiger partial charge is 0.455 e. The summed E-state index contributed by atoms with van der Waals surface area (Å²) in [5.74, 6) is -3.68. The van der Waals surface area contributed by atoms with Crippen LogP contribution in [0, 0.1) is 11.8 Å². The molecule has 3 amide bonds. The summed E-state index contributed by atoms with van der Waals surface area (Å²) in [6.07, 6.45) is 3.06. The normalized spacial score (nSPS) is 27.0. The lowest BCUT2D eigenvalue weighted by atomic mass is 9.70. The number of aliphatic hydroxyl groups is 1. The minimum Gasteiger partial charge on any atom is -0.455 e. The number of allylic oxidation sites excluding steroid dienone is 1. The Morgan fingerprint density at radius 2 is 1.76 bits per heavy atom. The highest BCUT2D eigenvalue weighted by Gasteiger charge is 2.77. The van der Waals surface area contributed by atoms with Gasteiger partial charge in [0.2, 0.25) is 17.7 Å². The predicted octanol–water partition coefficient (Wildman–Crippen LogP) is 4.52. The molecule has 3 heterocycles. The number of esters is 1. The van der Waals surface area contributed by atoms with Crippen LogP contribution in [0.15, 0.2) is 86.0 Å². The average Bonchev–Trinajstić information content (AvgIpc) is 3.70. The third-order valence-corrected chi connectivity index (χ3v) is 11.0. The molecule has 9 atom stereocenters. The Bertz CT molecular complexity index is 1560. The smallest absolute Gasteiger partial charge is 0.313 e. The molecule has 1 spiro atoms. The second-order valence-corrected chi connectivity index (χ2v) is 14.9. The molecule has 2 N–H and O–H groups in total. The van der Waals surface area contributed by atoms with Crippen molar-refractivity contribution in [3.63, 3.8) is 0 Å². The van der Waals surface area contributed by atoms with Crippen LogP contribution in [-0.4, -0.2) is 92.4 Å². The number of halogens is 1. The number of nitrogens with zero attached hydrogens (tertiary/aromatic N) is 2. The average molecular weight is 751 g/mol. The zero-order valence-corrected chi connectivity index (χ0v) is 30.5. The van der Waals surface area contributed by atoms with Crippen molar-refractivity contribution in [2.45, 2.75) is 93.3 Å². The fourth-order valence-electron chi connectivity index (χ4n) is 7.94. The summed E-state index contributed by atoms with van der Waals surface area (Å²) in [5, 5.41) is 13.7. The standard InChI is InChI=1S/C39H48BrN3O7/c1-6-8-19-30(45)41-25(5)33(27-17-13-10-14-18-27)49-38(48)31-32-36(46)43(28(23-44)21-26-15-11-9-12-16-26)35(37(47)42(20-7-2)24(3)4)39(32)22-29(40)34(31)50-39/h6-7,9-18,24-25,28-29,31-35,44H,1-2,8,19-23H2,3-5H3,(H,41,45)/t25-,28-,29?,31-,32+,33-,34-,35-,39+/m1/s1. The first-order valence-corrected chi connectivity index (χ1v) is 18.3. The molecule has 3 saturated heterocycles. The van der Waals surface area contributed by atoms with Crippen LogP contribution in [0.1, 0.15) is 57.3 Å². The fourth-order valence-corrected chi connectivity index (χ4v) is 8.88. The van der Waals surface area contributed by atoms with E-state index in [0.717, 1.165) is 5.56 Å². The van der Waals surface area contributed by atoms with Crippen LogP contribution >= 0.6 is 15.9 Å². The van der Waals surface area contributed by atoms with Crippen LogP contribution in [0.5, 0.6) is 0 Å². The highest BCUT2D eigenvalue weighted by molar-refractivity contribution is 9.09. The Morgan fingerprint density at radius 1 is 1.10 bits per heavy atom. The van der Waals surface area contributed by atoms with Crippen LogP contribution in [0.4, 0.5) is 0 Å². The SMILES string of the molecule is C=CCCC(=O)N[C@H](C)[C@@H](OC(=O)[C@H]1[C@@H]2O[C@@]3(CC2Br)[C@@H]1C(=O)N([C@@H](CO)Cc1ccccc1)[C@@H]3C(=O)N(CC=C)C(C)C)c1ccccc1. The Hall–Kier alpha value is -3.80. The van der Waals surface area contributed by atoms with Gasteiger partial charge in [-0.05, 0) is 51.2 Å². The van der Waals surface area contributed by atoms with Crippen LogP contribution in [0.2, 0.25) is 0 Å². The minimum absolute atomic E-state index is 0.206. The van der Waals surface area contributed by atoms with Crippen molar-refractivity contribution in [3.8, 4) is 0 Å². The minimum atomic E-state index is -1.35. The molecule has 2 aromatic rings. The number of carbonyl (C=O) groups excluding carboxylic acids is 4. The lowest BCUT2D eigenvalue weighted by Crippen LogP contribution is -2.60. The van der Waals surface area contributed by atoms with Gasteiger partial charge >= 0.3 is 5.97 Å². The van der Waals surface area contributed by atoms with Gasteiger partial charge in [0.05, 0.1) is 36.6 Å². The van der Waals surface area contributed by atoms with Gasteiger partial charge in [-0.3, -0.25) is 19.2 Å². The van der Waals surface area contributed by atoms with Crippen LogP contribution in [0.3, 0.4) is 0 Å². The molecule has 0 radical (unpaired) electrons. The number of alkyl halides is 1. The monoisotopic (exact) mass is 749 g/mol. The van der Waals surface area contributed by atoms with E-state index >= 15 is 0 Å². The third-order valence-electron chi connectivity index (χ3n) is 10.2. The first kappa shape index (κ1) is 37.5. The van der Waals surface area contributed by atoms with Crippen molar-refractivity contribution < 1.29 is 33.8 Å². The van der Waals surface area contributed by atoms with E-state index in [1.807, 2.05) is 74.5 Å². The molecule has 3 fully saturated rings. The highest BCUT2D eigenvalue weighted by atomic mass is 79.9. The fraction of sp³-hybridized carbons (Fsp3) is 0.487. The van der Waals surface area contributed by atoms with E-state index < -0.39 is 66.3 Å². The molecule has 50 heavy (non-hydrogen) atoms. The number of hydrogen-bond donors (Lipinski definition) is 2. The summed E-state index contributed by atoms with van der Waals surface area (Å²) in [6.45, 7) is 12.9. The number of fused-ring (bicyclic) bond motifs is 1. The second kappa shape index (κ2) is 16.0. The summed E-state index contributed by atoms with van der Waals surface area (Å²) in [7, 11) is 0. The van der Waals surface area contributed by atoms with E-state index in [9.17, 15) is 24.3 Å². The Kier molecular flexibility index (Phi) is 12.0. The van der Waals surface area contributed by atoms with E-state index in [-0.39, 0.29) is 35.6 Å². The van der Waals surface area contributed by atoms with E-state index in [1.54, 1.807) is 24.0 Å². The summed E-state index contributed by atoms with van der Waals surface area (Å²) in [6, 6.07) is 16.0. The molecular weight excluding hydrogens is 702 g/mol. The highest BCUT2D eigenvalue weighted by Crippen LogP contribution is 2.61. The lowest BCUT2D eigenvalue weighted by molar-refractivity contribution is -0.162. The van der Waals surface area contributed by atoms with Crippen molar-refractivity contribution >= 4 is 39.6 Å². The number of ether oxygens (including phenoxy) is 2. The molecule has 0 aliphatic carbocycles. The molecule has 268 valence electrons. The predicted molar refractivity (Wildman–Crippen MR) is 193 cm³/mol. The third kappa shape index (κ3) is 7.18. The molecule has 11 heteroatoms. The van der Waals surface area contributed by atoms with Crippen LogP contribution in [0.25, 0.3) is 0 Å². The van der Waals surface area contributed by atoms with Crippen LogP contribution < -0.4 is 5.32 Å². The first-order valence-electron chi connectivity index (χ1n) is 17.3. The van der Waals surface area contributed by atoms with E-state index in [1.165, 1.54) is 4.90 Å². The number of rotatable bonds is 16. The van der Waals surface area contributed by atoms with Crippen molar-refractivity contribution in [2.75, 3.05) is 13.2 Å². The number of nitrogens with one attached hydrogen (secondary N) is 1. The molecule has 2 aromatic carbocycles. The van der Waals surface area contributed by atoms with E-state index in [4.69, 9.17) is 9.47 Å². The topological polar surface area (TPSA) is 125 Å².